The summed E-state index contributed by atoms with van der Waals surface area (Å²) in [6, 6.07) is 7.19. The quantitative estimate of drug-likeness (QED) is 0.631. The van der Waals surface area contributed by atoms with Gasteiger partial charge in [0, 0.05) is 29.3 Å². The second-order valence-corrected chi connectivity index (χ2v) is 7.81. The van der Waals surface area contributed by atoms with Gasteiger partial charge in [0.2, 0.25) is 0 Å². The predicted octanol–water partition coefficient (Wildman–Crippen LogP) is 2.03. The molecule has 0 saturated heterocycles. The molecule has 0 fully saturated rings. The van der Waals surface area contributed by atoms with Crippen molar-refractivity contribution in [3.05, 3.63) is 56.3 Å². The van der Waals surface area contributed by atoms with Crippen molar-refractivity contribution in [3.8, 4) is 0 Å². The number of benzene rings is 1. The summed E-state index contributed by atoms with van der Waals surface area (Å²) >= 11 is 1.57. The van der Waals surface area contributed by atoms with Crippen LogP contribution >= 0.6 is 11.3 Å². The standard InChI is InChI=1S/C14H14N2O5S2/c1-23(20,21)13-5-4-10(9-12(13)16(18)19)14(17)15-7-6-11-3-2-8-22-11/h2-5,8-9H,6-7H2,1H3,(H,15,17). The minimum absolute atomic E-state index is 0.0512. The second kappa shape index (κ2) is 6.88. The molecule has 122 valence electrons. The Bertz CT molecular complexity index is 829. The smallest absolute Gasteiger partial charge is 0.288 e. The first-order chi connectivity index (χ1) is 10.8. The van der Waals surface area contributed by atoms with Gasteiger partial charge in [0.05, 0.1) is 4.92 Å². The summed E-state index contributed by atoms with van der Waals surface area (Å²) in [5, 5.41) is 15.6. The van der Waals surface area contributed by atoms with Crippen LogP contribution in [0, 0.1) is 10.1 Å². The molecular weight excluding hydrogens is 340 g/mol. The molecule has 2 rings (SSSR count). The molecule has 23 heavy (non-hydrogen) atoms. The molecule has 0 aliphatic heterocycles. The number of rotatable bonds is 6. The number of hydrogen-bond acceptors (Lipinski definition) is 6. The molecule has 0 spiro atoms. The molecule has 0 saturated carbocycles. The van der Waals surface area contributed by atoms with Crippen LogP contribution in [0.25, 0.3) is 0 Å². The molecule has 0 bridgehead atoms. The fourth-order valence-corrected chi connectivity index (χ4v) is 3.51. The van der Waals surface area contributed by atoms with Gasteiger partial charge in [-0.2, -0.15) is 0 Å². The Labute approximate surface area is 137 Å². The fourth-order valence-electron chi connectivity index (χ4n) is 1.97. The van der Waals surface area contributed by atoms with Crippen molar-refractivity contribution in [2.24, 2.45) is 0 Å². The molecule has 1 aromatic carbocycles. The van der Waals surface area contributed by atoms with Gasteiger partial charge in [0.25, 0.3) is 11.6 Å². The fraction of sp³-hybridized carbons (Fsp3) is 0.214. The van der Waals surface area contributed by atoms with E-state index < -0.39 is 31.3 Å². The Balaban J connectivity index is 2.14. The molecule has 0 atom stereocenters. The van der Waals surface area contributed by atoms with Gasteiger partial charge in [-0.05, 0) is 30.0 Å². The Morgan fingerprint density at radius 3 is 2.65 bits per heavy atom. The first-order valence-electron chi connectivity index (χ1n) is 6.58. The minimum Gasteiger partial charge on any atom is -0.352 e. The van der Waals surface area contributed by atoms with Gasteiger partial charge >= 0.3 is 0 Å². The molecule has 0 radical (unpaired) electrons. The number of hydrogen-bond donors (Lipinski definition) is 1. The lowest BCUT2D eigenvalue weighted by Crippen LogP contribution is -2.25. The molecular formula is C14H14N2O5S2. The number of amides is 1. The summed E-state index contributed by atoms with van der Waals surface area (Å²) in [5.41, 5.74) is -0.548. The molecule has 1 amide bonds. The molecule has 1 N–H and O–H groups in total. The first kappa shape index (κ1) is 17.1. The number of carbonyl (C=O) groups is 1. The van der Waals surface area contributed by atoms with Gasteiger partial charge in [0.15, 0.2) is 9.84 Å². The third-order valence-electron chi connectivity index (χ3n) is 3.05. The average Bonchev–Trinajstić information content (AvgIpc) is 2.98. The van der Waals surface area contributed by atoms with Crippen LogP contribution in [-0.2, 0) is 16.3 Å². The molecule has 9 heteroatoms. The van der Waals surface area contributed by atoms with E-state index in [1.807, 2.05) is 17.5 Å². The number of nitro groups is 1. The summed E-state index contributed by atoms with van der Waals surface area (Å²) in [6.07, 6.45) is 1.54. The Hall–Kier alpha value is -2.26. The second-order valence-electron chi connectivity index (χ2n) is 4.80. The van der Waals surface area contributed by atoms with Crippen LogP contribution < -0.4 is 5.32 Å². The number of thiophene rings is 1. The summed E-state index contributed by atoms with van der Waals surface area (Å²) < 4.78 is 23.1. The summed E-state index contributed by atoms with van der Waals surface area (Å²) in [5.74, 6) is -0.482. The zero-order valence-electron chi connectivity index (χ0n) is 12.2. The molecule has 7 nitrogen and oxygen atoms in total. The van der Waals surface area contributed by atoms with Crippen molar-refractivity contribution in [1.29, 1.82) is 0 Å². The monoisotopic (exact) mass is 354 g/mol. The van der Waals surface area contributed by atoms with E-state index in [9.17, 15) is 23.3 Å². The third-order valence-corrected chi connectivity index (χ3v) is 5.13. The molecule has 2 aromatic rings. The zero-order valence-corrected chi connectivity index (χ0v) is 13.8. The topological polar surface area (TPSA) is 106 Å². The number of sulfone groups is 1. The van der Waals surface area contributed by atoms with Crippen molar-refractivity contribution in [3.63, 3.8) is 0 Å². The van der Waals surface area contributed by atoms with Crippen LogP contribution in [0.5, 0.6) is 0 Å². The average molecular weight is 354 g/mol. The van der Waals surface area contributed by atoms with Crippen molar-refractivity contribution in [1.82, 2.24) is 5.32 Å². The van der Waals surface area contributed by atoms with E-state index in [2.05, 4.69) is 5.32 Å². The van der Waals surface area contributed by atoms with E-state index >= 15 is 0 Å². The number of nitrogens with one attached hydrogen (secondary N) is 1. The molecule has 1 heterocycles. The SMILES string of the molecule is CS(=O)(=O)c1ccc(C(=O)NCCc2cccs2)cc1[N+](=O)[O-]. The summed E-state index contributed by atoms with van der Waals surface area (Å²) in [6.45, 7) is 0.390. The number of carbonyl (C=O) groups excluding carboxylic acids is 1. The predicted molar refractivity (Wildman–Crippen MR) is 86.6 cm³/mol. The first-order valence-corrected chi connectivity index (χ1v) is 9.35. The molecule has 0 unspecified atom stereocenters. The van der Waals surface area contributed by atoms with E-state index in [1.54, 1.807) is 11.3 Å². The lowest BCUT2D eigenvalue weighted by molar-refractivity contribution is -0.387. The lowest BCUT2D eigenvalue weighted by Gasteiger charge is -2.06. The van der Waals surface area contributed by atoms with Crippen LogP contribution in [0.15, 0.2) is 40.6 Å². The van der Waals surface area contributed by atoms with Crippen LogP contribution in [0.2, 0.25) is 0 Å². The highest BCUT2D eigenvalue weighted by molar-refractivity contribution is 7.90. The van der Waals surface area contributed by atoms with Gasteiger partial charge in [-0.3, -0.25) is 14.9 Å². The van der Waals surface area contributed by atoms with Crippen LogP contribution in [0.1, 0.15) is 15.2 Å². The highest BCUT2D eigenvalue weighted by Crippen LogP contribution is 2.24. The van der Waals surface area contributed by atoms with Crippen LogP contribution in [-0.4, -0.2) is 32.0 Å². The Morgan fingerprint density at radius 1 is 1.35 bits per heavy atom. The Morgan fingerprint density at radius 2 is 2.09 bits per heavy atom. The number of nitrogens with zero attached hydrogens (tertiary/aromatic N) is 1. The van der Waals surface area contributed by atoms with Crippen LogP contribution in [0.4, 0.5) is 5.69 Å². The normalized spacial score (nSPS) is 11.2. The van der Waals surface area contributed by atoms with Gasteiger partial charge in [-0.1, -0.05) is 6.07 Å². The summed E-state index contributed by atoms with van der Waals surface area (Å²) in [7, 11) is -3.74. The van der Waals surface area contributed by atoms with E-state index in [0.29, 0.717) is 13.0 Å². The Kier molecular flexibility index (Phi) is 5.12. The van der Waals surface area contributed by atoms with E-state index in [4.69, 9.17) is 0 Å². The third kappa shape index (κ3) is 4.36. The maximum absolute atomic E-state index is 12.0. The lowest BCUT2D eigenvalue weighted by atomic mass is 10.2. The van der Waals surface area contributed by atoms with Crippen molar-refractivity contribution in [2.75, 3.05) is 12.8 Å². The van der Waals surface area contributed by atoms with Crippen molar-refractivity contribution in [2.45, 2.75) is 11.3 Å². The highest BCUT2D eigenvalue weighted by Gasteiger charge is 2.23. The van der Waals surface area contributed by atoms with E-state index in [-0.39, 0.29) is 5.56 Å². The van der Waals surface area contributed by atoms with Gasteiger partial charge < -0.3 is 5.32 Å². The highest BCUT2D eigenvalue weighted by atomic mass is 32.2. The van der Waals surface area contributed by atoms with Gasteiger partial charge in [-0.25, -0.2) is 8.42 Å². The largest absolute Gasteiger partial charge is 0.352 e. The zero-order chi connectivity index (χ0) is 17.0. The molecule has 0 aliphatic carbocycles. The van der Waals surface area contributed by atoms with Gasteiger partial charge in [0.1, 0.15) is 4.90 Å². The number of nitro benzene ring substituents is 1. The van der Waals surface area contributed by atoms with E-state index in [1.165, 1.54) is 6.07 Å². The molecule has 1 aromatic heterocycles. The van der Waals surface area contributed by atoms with E-state index in [0.717, 1.165) is 23.3 Å². The minimum atomic E-state index is -3.74. The summed E-state index contributed by atoms with van der Waals surface area (Å²) in [4.78, 5) is 23.0. The van der Waals surface area contributed by atoms with Gasteiger partial charge in [-0.15, -0.1) is 11.3 Å². The maximum Gasteiger partial charge on any atom is 0.288 e. The maximum atomic E-state index is 12.0. The molecule has 0 aliphatic rings. The van der Waals surface area contributed by atoms with Crippen molar-refractivity contribution >= 4 is 32.8 Å². The van der Waals surface area contributed by atoms with Crippen LogP contribution in [0.3, 0.4) is 0 Å². The van der Waals surface area contributed by atoms with Crippen molar-refractivity contribution < 1.29 is 18.1 Å².